The van der Waals surface area contributed by atoms with Gasteiger partial charge in [-0.1, -0.05) is 19.1 Å². The predicted molar refractivity (Wildman–Crippen MR) is 87.5 cm³/mol. The normalized spacial score (nSPS) is 20.4. The van der Waals surface area contributed by atoms with Gasteiger partial charge in [-0.25, -0.2) is 0 Å². The van der Waals surface area contributed by atoms with E-state index in [9.17, 15) is 0 Å². The molecular formula is C17H24N4O2. The van der Waals surface area contributed by atoms with Gasteiger partial charge >= 0.3 is 0 Å². The van der Waals surface area contributed by atoms with Crippen LogP contribution < -0.4 is 4.74 Å². The molecule has 0 radical (unpaired) electrons. The summed E-state index contributed by atoms with van der Waals surface area (Å²) in [6.45, 7) is 5.80. The van der Waals surface area contributed by atoms with E-state index in [-0.39, 0.29) is 6.10 Å². The number of methoxy groups -OCH3 is 1. The van der Waals surface area contributed by atoms with Crippen LogP contribution >= 0.6 is 0 Å². The van der Waals surface area contributed by atoms with Crippen LogP contribution in [0.3, 0.4) is 0 Å². The average Bonchev–Trinajstić information content (AvgIpc) is 3.01. The number of hydrogen-bond acceptors (Lipinski definition) is 5. The highest BCUT2D eigenvalue weighted by atomic mass is 16.5. The Morgan fingerprint density at radius 1 is 1.35 bits per heavy atom. The summed E-state index contributed by atoms with van der Waals surface area (Å²) in [7, 11) is 3.65. The highest BCUT2D eigenvalue weighted by Crippen LogP contribution is 2.24. The lowest BCUT2D eigenvalue weighted by atomic mass is 10.00. The molecule has 1 aliphatic rings. The van der Waals surface area contributed by atoms with Crippen LogP contribution in [-0.4, -0.2) is 53.0 Å². The molecule has 23 heavy (non-hydrogen) atoms. The van der Waals surface area contributed by atoms with Crippen LogP contribution in [0.1, 0.15) is 30.3 Å². The third-order valence-electron chi connectivity index (χ3n) is 4.40. The first kappa shape index (κ1) is 16.0. The summed E-state index contributed by atoms with van der Waals surface area (Å²) < 4.78 is 13.0. The van der Waals surface area contributed by atoms with E-state index < -0.39 is 0 Å². The van der Waals surface area contributed by atoms with E-state index in [4.69, 9.17) is 9.47 Å². The van der Waals surface area contributed by atoms with E-state index in [1.165, 1.54) is 5.56 Å². The van der Waals surface area contributed by atoms with Crippen molar-refractivity contribution in [2.45, 2.75) is 18.9 Å². The molecule has 3 rings (SSSR count). The third kappa shape index (κ3) is 3.71. The molecule has 1 saturated heterocycles. The van der Waals surface area contributed by atoms with Crippen LogP contribution in [0.5, 0.6) is 5.75 Å². The number of aromatic nitrogens is 3. The lowest BCUT2D eigenvalue weighted by molar-refractivity contribution is -0.0369. The smallest absolute Gasteiger partial charge is 0.163 e. The van der Waals surface area contributed by atoms with Crippen LogP contribution in [0.25, 0.3) is 0 Å². The summed E-state index contributed by atoms with van der Waals surface area (Å²) in [6.07, 6.45) is 1.72. The van der Waals surface area contributed by atoms with Crippen LogP contribution in [0.4, 0.5) is 0 Å². The first-order valence-electron chi connectivity index (χ1n) is 7.99. The van der Waals surface area contributed by atoms with Gasteiger partial charge in [0.15, 0.2) is 5.82 Å². The number of rotatable bonds is 5. The third-order valence-corrected chi connectivity index (χ3v) is 4.40. The number of ether oxygens (including phenoxy) is 2. The molecule has 1 fully saturated rings. The highest BCUT2D eigenvalue weighted by molar-refractivity contribution is 5.29. The number of morpholine rings is 1. The Labute approximate surface area is 137 Å². The molecule has 0 bridgehead atoms. The van der Waals surface area contributed by atoms with Crippen molar-refractivity contribution in [3.63, 3.8) is 0 Å². The van der Waals surface area contributed by atoms with Crippen molar-refractivity contribution in [3.05, 3.63) is 42.0 Å². The van der Waals surface area contributed by atoms with Gasteiger partial charge in [0.1, 0.15) is 18.2 Å². The fourth-order valence-electron chi connectivity index (χ4n) is 3.03. The van der Waals surface area contributed by atoms with Crippen molar-refractivity contribution in [1.29, 1.82) is 0 Å². The monoisotopic (exact) mass is 316 g/mol. The molecule has 0 unspecified atom stereocenters. The topological polar surface area (TPSA) is 52.4 Å². The maximum atomic E-state index is 5.87. The lowest BCUT2D eigenvalue weighted by Gasteiger charge is -2.34. The maximum Gasteiger partial charge on any atom is 0.163 e. The van der Waals surface area contributed by atoms with Crippen LogP contribution in [-0.2, 0) is 11.8 Å². The van der Waals surface area contributed by atoms with Gasteiger partial charge in [0.2, 0.25) is 0 Å². The Kier molecular flexibility index (Phi) is 4.93. The van der Waals surface area contributed by atoms with Gasteiger partial charge in [-0.15, -0.1) is 10.2 Å². The Balaban J connectivity index is 1.61. The molecule has 6 nitrogen and oxygen atoms in total. The molecule has 0 amide bonds. The molecule has 1 aliphatic heterocycles. The Bertz CT molecular complexity index is 626. The van der Waals surface area contributed by atoms with E-state index in [1.807, 2.05) is 23.7 Å². The molecule has 0 saturated carbocycles. The van der Waals surface area contributed by atoms with E-state index in [0.29, 0.717) is 5.92 Å². The number of benzene rings is 1. The van der Waals surface area contributed by atoms with Gasteiger partial charge in [-0.05, 0) is 23.6 Å². The van der Waals surface area contributed by atoms with Crippen LogP contribution in [0.2, 0.25) is 0 Å². The zero-order valence-electron chi connectivity index (χ0n) is 14.0. The summed E-state index contributed by atoms with van der Waals surface area (Å²) in [4.78, 5) is 2.44. The van der Waals surface area contributed by atoms with Gasteiger partial charge in [0, 0.05) is 26.7 Å². The molecule has 1 aromatic carbocycles. The minimum absolute atomic E-state index is 0.000632. The summed E-state index contributed by atoms with van der Waals surface area (Å²) in [5.41, 5.74) is 1.33. The summed E-state index contributed by atoms with van der Waals surface area (Å²) in [5.74, 6) is 2.25. The zero-order valence-corrected chi connectivity index (χ0v) is 14.0. The quantitative estimate of drug-likeness (QED) is 0.844. The van der Waals surface area contributed by atoms with Gasteiger partial charge in [-0.2, -0.15) is 0 Å². The van der Waals surface area contributed by atoms with Crippen LogP contribution in [0, 0.1) is 0 Å². The number of hydrogen-bond donors (Lipinski definition) is 0. The second-order valence-electron chi connectivity index (χ2n) is 6.09. The molecule has 1 aromatic heterocycles. The first-order chi connectivity index (χ1) is 11.2. The van der Waals surface area contributed by atoms with E-state index in [1.54, 1.807) is 13.4 Å². The average molecular weight is 316 g/mol. The molecule has 2 aromatic rings. The van der Waals surface area contributed by atoms with Gasteiger partial charge < -0.3 is 14.0 Å². The van der Waals surface area contributed by atoms with Crippen molar-refractivity contribution in [1.82, 2.24) is 19.7 Å². The lowest BCUT2D eigenvalue weighted by Crippen LogP contribution is -2.40. The second kappa shape index (κ2) is 7.10. The molecule has 0 aliphatic carbocycles. The van der Waals surface area contributed by atoms with Crippen LogP contribution in [0.15, 0.2) is 30.6 Å². The first-order valence-corrected chi connectivity index (χ1v) is 7.99. The fraction of sp³-hybridized carbons (Fsp3) is 0.529. The fourth-order valence-corrected chi connectivity index (χ4v) is 3.03. The molecule has 6 heteroatoms. The summed E-state index contributed by atoms with van der Waals surface area (Å²) in [6, 6.07) is 8.33. The Hall–Kier alpha value is -1.92. The van der Waals surface area contributed by atoms with E-state index in [2.05, 4.69) is 34.2 Å². The Morgan fingerprint density at radius 3 is 2.78 bits per heavy atom. The van der Waals surface area contributed by atoms with Crippen molar-refractivity contribution in [2.75, 3.05) is 33.4 Å². The minimum Gasteiger partial charge on any atom is -0.497 e. The van der Waals surface area contributed by atoms with Crippen molar-refractivity contribution in [2.24, 2.45) is 7.05 Å². The minimum atomic E-state index is -0.000632. The molecule has 0 spiro atoms. The zero-order chi connectivity index (χ0) is 16.2. The maximum absolute atomic E-state index is 5.87. The highest BCUT2D eigenvalue weighted by Gasteiger charge is 2.26. The standard InChI is InChI=1S/C17H24N4O2/c1-13(14-4-6-15(22-3)7-5-14)10-21-8-9-23-16(11-21)17-19-18-12-20(17)2/h4-7,12-13,16H,8-11H2,1-3H3/t13-,16+/m0/s1. The molecule has 2 atom stereocenters. The molecular weight excluding hydrogens is 292 g/mol. The second-order valence-corrected chi connectivity index (χ2v) is 6.09. The number of aryl methyl sites for hydroxylation is 1. The van der Waals surface area contributed by atoms with Crippen molar-refractivity contribution in [3.8, 4) is 5.75 Å². The van der Waals surface area contributed by atoms with Gasteiger partial charge in [0.05, 0.1) is 13.7 Å². The summed E-state index contributed by atoms with van der Waals surface area (Å²) >= 11 is 0. The Morgan fingerprint density at radius 2 is 2.13 bits per heavy atom. The van der Waals surface area contributed by atoms with Crippen molar-refractivity contribution >= 4 is 0 Å². The van der Waals surface area contributed by atoms with E-state index >= 15 is 0 Å². The van der Waals surface area contributed by atoms with E-state index in [0.717, 1.165) is 37.8 Å². The molecule has 124 valence electrons. The SMILES string of the molecule is COc1ccc([C@@H](C)CN2CCO[C@@H](c3nncn3C)C2)cc1. The largest absolute Gasteiger partial charge is 0.497 e. The molecule has 2 heterocycles. The van der Waals surface area contributed by atoms with Gasteiger partial charge in [0.25, 0.3) is 0 Å². The van der Waals surface area contributed by atoms with Crippen molar-refractivity contribution < 1.29 is 9.47 Å². The summed E-state index contributed by atoms with van der Waals surface area (Å²) in [5, 5.41) is 8.13. The molecule has 0 N–H and O–H groups in total. The predicted octanol–water partition coefficient (Wildman–Crippen LogP) is 2.00. The van der Waals surface area contributed by atoms with Gasteiger partial charge in [-0.3, -0.25) is 4.90 Å². The number of nitrogens with zero attached hydrogens (tertiary/aromatic N) is 4.